The molecule has 2 rings (SSSR count). The summed E-state index contributed by atoms with van der Waals surface area (Å²) >= 11 is 0. The number of amides is 2. The average molecular weight is 290 g/mol. The van der Waals surface area contributed by atoms with Gasteiger partial charge in [-0.2, -0.15) is 0 Å². The van der Waals surface area contributed by atoms with Crippen LogP contribution in [0.15, 0.2) is 29.0 Å². The molecule has 2 aromatic rings. The second kappa shape index (κ2) is 6.04. The Hall–Kier alpha value is -2.90. The van der Waals surface area contributed by atoms with Crippen LogP contribution in [-0.2, 0) is 0 Å². The number of carbonyl (C=O) groups is 2. The van der Waals surface area contributed by atoms with E-state index < -0.39 is 18.0 Å². The van der Waals surface area contributed by atoms with E-state index in [4.69, 9.17) is 9.63 Å². The first-order valence-corrected chi connectivity index (χ1v) is 6.16. The molecule has 0 bridgehead atoms. The Bertz CT molecular complexity index is 653. The maximum atomic E-state index is 11.8. The summed E-state index contributed by atoms with van der Waals surface area (Å²) in [4.78, 5) is 26.8. The summed E-state index contributed by atoms with van der Waals surface area (Å²) in [5.74, 6) is -1.05. The summed E-state index contributed by atoms with van der Waals surface area (Å²) in [5, 5.41) is 17.9. The number of rotatable bonds is 4. The molecule has 1 atom stereocenters. The fraction of sp³-hybridized carbons (Fsp3) is 0.231. The number of nitrogens with one attached hydrogen (secondary N) is 2. The molecule has 2 heterocycles. The van der Waals surface area contributed by atoms with Gasteiger partial charge in [0.25, 0.3) is 0 Å². The average Bonchev–Trinajstić information content (AvgIpc) is 2.81. The van der Waals surface area contributed by atoms with Crippen LogP contribution in [0, 0.1) is 6.92 Å². The molecule has 110 valence electrons. The van der Waals surface area contributed by atoms with Gasteiger partial charge in [0.15, 0.2) is 5.76 Å². The normalized spacial score (nSPS) is 11.7. The van der Waals surface area contributed by atoms with Crippen LogP contribution in [-0.4, -0.2) is 27.2 Å². The molecule has 0 spiro atoms. The lowest BCUT2D eigenvalue weighted by Gasteiger charge is -2.12. The van der Waals surface area contributed by atoms with Gasteiger partial charge in [0.05, 0.1) is 23.6 Å². The fourth-order valence-corrected chi connectivity index (χ4v) is 1.81. The number of carbonyl (C=O) groups excluding carboxylic acids is 1. The number of anilines is 1. The minimum absolute atomic E-state index is 0.0378. The molecule has 0 aliphatic heterocycles. The van der Waals surface area contributed by atoms with E-state index in [9.17, 15) is 9.59 Å². The van der Waals surface area contributed by atoms with E-state index >= 15 is 0 Å². The topological polar surface area (TPSA) is 117 Å². The van der Waals surface area contributed by atoms with Crippen LogP contribution in [0.3, 0.4) is 0 Å². The summed E-state index contributed by atoms with van der Waals surface area (Å²) in [7, 11) is 0. The van der Waals surface area contributed by atoms with Gasteiger partial charge in [0.2, 0.25) is 0 Å². The smallest absolute Gasteiger partial charge is 0.341 e. The van der Waals surface area contributed by atoms with Crippen LogP contribution in [0.5, 0.6) is 0 Å². The number of carboxylic acids is 1. The minimum atomic E-state index is -1.15. The number of aromatic nitrogens is 2. The van der Waals surface area contributed by atoms with E-state index in [1.165, 1.54) is 13.1 Å². The van der Waals surface area contributed by atoms with E-state index in [-0.39, 0.29) is 17.0 Å². The third-order valence-corrected chi connectivity index (χ3v) is 2.76. The lowest BCUT2D eigenvalue weighted by atomic mass is 10.1. The quantitative estimate of drug-likeness (QED) is 0.792. The molecule has 2 amide bonds. The largest absolute Gasteiger partial charge is 0.477 e. The van der Waals surface area contributed by atoms with Crippen LogP contribution in [0.4, 0.5) is 10.5 Å². The Morgan fingerprint density at radius 2 is 2.19 bits per heavy atom. The number of urea groups is 1. The van der Waals surface area contributed by atoms with E-state index in [1.54, 1.807) is 25.3 Å². The lowest BCUT2D eigenvalue weighted by molar-refractivity contribution is 0.0692. The van der Waals surface area contributed by atoms with Gasteiger partial charge in [-0.1, -0.05) is 5.16 Å². The first kappa shape index (κ1) is 14.5. The Labute approximate surface area is 120 Å². The van der Waals surface area contributed by atoms with Gasteiger partial charge < -0.3 is 20.3 Å². The predicted octanol–water partition coefficient (Wildman–Crippen LogP) is 1.96. The lowest BCUT2D eigenvalue weighted by Crippen LogP contribution is -2.31. The standard InChI is InChI=1S/C13H14N4O4/c1-7-10(12(18)19)11(21-17-7)8(2)15-13(20)16-9-4-3-5-14-6-9/h3-6,8H,1-2H3,(H,18,19)(H2,15,16,20)/t8-/m1/s1. The second-order valence-electron chi connectivity index (χ2n) is 4.37. The highest BCUT2D eigenvalue weighted by atomic mass is 16.5. The van der Waals surface area contributed by atoms with Crippen molar-refractivity contribution >= 4 is 17.7 Å². The highest BCUT2D eigenvalue weighted by Gasteiger charge is 2.25. The van der Waals surface area contributed by atoms with Crippen LogP contribution >= 0.6 is 0 Å². The molecule has 0 aliphatic carbocycles. The first-order chi connectivity index (χ1) is 9.99. The van der Waals surface area contributed by atoms with Crippen molar-refractivity contribution in [3.63, 3.8) is 0 Å². The van der Waals surface area contributed by atoms with Crippen LogP contribution in [0.25, 0.3) is 0 Å². The molecule has 0 aliphatic rings. The monoisotopic (exact) mass is 290 g/mol. The molecule has 0 unspecified atom stereocenters. The van der Waals surface area contributed by atoms with Gasteiger partial charge in [0.1, 0.15) is 5.56 Å². The van der Waals surface area contributed by atoms with Gasteiger partial charge >= 0.3 is 12.0 Å². The molecule has 0 saturated heterocycles. The highest BCUT2D eigenvalue weighted by molar-refractivity contribution is 5.91. The summed E-state index contributed by atoms with van der Waals surface area (Å²) in [5.41, 5.74) is 0.748. The Morgan fingerprint density at radius 1 is 1.43 bits per heavy atom. The molecule has 3 N–H and O–H groups in total. The molecule has 8 nitrogen and oxygen atoms in total. The van der Waals surface area contributed by atoms with Gasteiger partial charge in [-0.3, -0.25) is 4.98 Å². The third kappa shape index (κ3) is 3.35. The molecule has 0 radical (unpaired) electrons. The predicted molar refractivity (Wildman–Crippen MR) is 73.0 cm³/mol. The van der Waals surface area contributed by atoms with Crippen LogP contribution in [0.2, 0.25) is 0 Å². The van der Waals surface area contributed by atoms with Crippen molar-refractivity contribution in [2.24, 2.45) is 0 Å². The van der Waals surface area contributed by atoms with E-state index in [0.29, 0.717) is 5.69 Å². The maximum Gasteiger partial charge on any atom is 0.341 e. The fourth-order valence-electron chi connectivity index (χ4n) is 1.81. The zero-order valence-electron chi connectivity index (χ0n) is 11.5. The molecule has 0 aromatic carbocycles. The number of aryl methyl sites for hydroxylation is 1. The van der Waals surface area contributed by atoms with Gasteiger partial charge in [-0.25, -0.2) is 9.59 Å². The Morgan fingerprint density at radius 3 is 2.81 bits per heavy atom. The molecule has 2 aromatic heterocycles. The zero-order valence-corrected chi connectivity index (χ0v) is 11.5. The van der Waals surface area contributed by atoms with Gasteiger partial charge in [-0.05, 0) is 26.0 Å². The molecular weight excluding hydrogens is 276 g/mol. The summed E-state index contributed by atoms with van der Waals surface area (Å²) < 4.78 is 4.98. The number of aromatic carboxylic acids is 1. The summed E-state index contributed by atoms with van der Waals surface area (Å²) in [6.07, 6.45) is 3.08. The van der Waals surface area contributed by atoms with Crippen molar-refractivity contribution < 1.29 is 19.2 Å². The molecular formula is C13H14N4O4. The van der Waals surface area contributed by atoms with Crippen LogP contribution in [0.1, 0.15) is 34.8 Å². The van der Waals surface area contributed by atoms with Crippen molar-refractivity contribution in [3.05, 3.63) is 41.5 Å². The number of carboxylic acid groups (broad SMARTS) is 1. The van der Waals surface area contributed by atoms with Crippen molar-refractivity contribution in [1.29, 1.82) is 0 Å². The van der Waals surface area contributed by atoms with Crippen molar-refractivity contribution in [3.8, 4) is 0 Å². The number of nitrogens with zero attached hydrogens (tertiary/aromatic N) is 2. The van der Waals surface area contributed by atoms with Crippen LogP contribution < -0.4 is 10.6 Å². The van der Waals surface area contributed by atoms with Crippen molar-refractivity contribution in [2.75, 3.05) is 5.32 Å². The Kier molecular flexibility index (Phi) is 4.17. The number of hydrogen-bond acceptors (Lipinski definition) is 5. The summed E-state index contributed by atoms with van der Waals surface area (Å²) in [6.45, 7) is 3.13. The van der Waals surface area contributed by atoms with Gasteiger partial charge in [0, 0.05) is 6.20 Å². The van der Waals surface area contributed by atoms with Crippen molar-refractivity contribution in [1.82, 2.24) is 15.5 Å². The van der Waals surface area contributed by atoms with E-state index in [0.717, 1.165) is 0 Å². The molecule has 21 heavy (non-hydrogen) atoms. The third-order valence-electron chi connectivity index (χ3n) is 2.76. The van der Waals surface area contributed by atoms with E-state index in [1.807, 2.05) is 0 Å². The number of hydrogen-bond donors (Lipinski definition) is 3. The Balaban J connectivity index is 2.06. The first-order valence-electron chi connectivity index (χ1n) is 6.16. The minimum Gasteiger partial charge on any atom is -0.477 e. The maximum absolute atomic E-state index is 11.8. The van der Waals surface area contributed by atoms with Gasteiger partial charge in [-0.15, -0.1) is 0 Å². The van der Waals surface area contributed by atoms with Crippen molar-refractivity contribution in [2.45, 2.75) is 19.9 Å². The summed E-state index contributed by atoms with van der Waals surface area (Å²) in [6, 6.07) is 2.22. The second-order valence-corrected chi connectivity index (χ2v) is 4.37. The SMILES string of the molecule is Cc1noc([C@@H](C)NC(=O)Nc2cccnc2)c1C(=O)O. The molecule has 0 fully saturated rings. The zero-order chi connectivity index (χ0) is 15.4. The molecule has 8 heteroatoms. The van der Waals surface area contributed by atoms with E-state index in [2.05, 4.69) is 20.8 Å². The molecule has 0 saturated carbocycles. The highest BCUT2D eigenvalue weighted by Crippen LogP contribution is 2.21. The number of pyridine rings is 1.